The van der Waals surface area contributed by atoms with E-state index in [-0.39, 0.29) is 25.5 Å². The van der Waals surface area contributed by atoms with Gasteiger partial charge in [0.2, 0.25) is 11.7 Å². The molecule has 3 aromatic heterocycles. The van der Waals surface area contributed by atoms with Crippen molar-refractivity contribution in [1.82, 2.24) is 30.6 Å². The first-order chi connectivity index (χ1) is 15.2. The molecule has 158 valence electrons. The van der Waals surface area contributed by atoms with Gasteiger partial charge in [-0.25, -0.2) is 0 Å². The van der Waals surface area contributed by atoms with E-state index >= 15 is 0 Å². The minimum Gasteiger partial charge on any atom is -0.466 e. The molecule has 0 aliphatic rings. The van der Waals surface area contributed by atoms with Gasteiger partial charge in [0.25, 0.3) is 5.91 Å². The predicted molar refractivity (Wildman–Crippen MR) is 110 cm³/mol. The monoisotopic (exact) mass is 420 g/mol. The number of aromatic nitrogens is 5. The van der Waals surface area contributed by atoms with E-state index in [2.05, 4.69) is 30.6 Å². The highest BCUT2D eigenvalue weighted by Crippen LogP contribution is 2.15. The maximum atomic E-state index is 12.3. The molecule has 4 rings (SSSR count). The molecule has 10 nitrogen and oxygen atoms in total. The number of fused-ring (bicyclic) bond motifs is 1. The highest BCUT2D eigenvalue weighted by atomic mass is 16.5. The van der Waals surface area contributed by atoms with Gasteiger partial charge in [-0.05, 0) is 24.6 Å². The van der Waals surface area contributed by atoms with Gasteiger partial charge in [-0.2, -0.15) is 10.1 Å². The van der Waals surface area contributed by atoms with Crippen molar-refractivity contribution in [1.29, 1.82) is 0 Å². The smallest absolute Gasteiger partial charge is 0.307 e. The molecule has 2 N–H and O–H groups in total. The van der Waals surface area contributed by atoms with Crippen molar-refractivity contribution in [2.75, 3.05) is 13.2 Å². The summed E-state index contributed by atoms with van der Waals surface area (Å²) >= 11 is 0. The van der Waals surface area contributed by atoms with Crippen LogP contribution in [-0.2, 0) is 16.0 Å². The third-order valence-corrected chi connectivity index (χ3v) is 4.49. The number of pyridine rings is 1. The summed E-state index contributed by atoms with van der Waals surface area (Å²) in [5, 5.41) is 14.2. The van der Waals surface area contributed by atoms with E-state index in [0.717, 1.165) is 16.5 Å². The average molecular weight is 420 g/mol. The summed E-state index contributed by atoms with van der Waals surface area (Å²) < 4.78 is 10.4. The molecular weight excluding hydrogens is 400 g/mol. The fraction of sp³-hybridized carbons (Fsp3) is 0.238. The number of benzene rings is 1. The Labute approximate surface area is 177 Å². The summed E-state index contributed by atoms with van der Waals surface area (Å²) in [7, 11) is 0. The van der Waals surface area contributed by atoms with Crippen LogP contribution in [0.1, 0.15) is 29.2 Å². The number of ether oxygens (including phenoxy) is 1. The summed E-state index contributed by atoms with van der Waals surface area (Å²) in [4.78, 5) is 32.4. The predicted octanol–water partition coefficient (Wildman–Crippen LogP) is 2.30. The van der Waals surface area contributed by atoms with Crippen LogP contribution < -0.4 is 5.32 Å². The standard InChI is InChI=1S/C21H20N6O4/c28-18(9-11-23-21(29)19-15-6-1-2-7-16(15)25-26-19)30-12-4-8-17-24-20(27-31-17)14-5-3-10-22-13-14/h1-3,5-7,10,13H,4,8-9,11-12H2,(H,23,29)(H,25,26). The molecule has 0 unspecified atom stereocenters. The Balaban J connectivity index is 1.14. The zero-order valence-corrected chi connectivity index (χ0v) is 16.6. The number of para-hydroxylation sites is 1. The van der Waals surface area contributed by atoms with Crippen LogP contribution in [0.3, 0.4) is 0 Å². The third kappa shape index (κ3) is 5.10. The van der Waals surface area contributed by atoms with Crippen molar-refractivity contribution in [3.05, 3.63) is 60.4 Å². The van der Waals surface area contributed by atoms with Gasteiger partial charge in [0.15, 0.2) is 5.69 Å². The molecule has 0 aliphatic carbocycles. The number of nitrogens with one attached hydrogen (secondary N) is 2. The van der Waals surface area contributed by atoms with Gasteiger partial charge in [0.1, 0.15) is 0 Å². The van der Waals surface area contributed by atoms with Gasteiger partial charge in [0.05, 0.1) is 18.5 Å². The number of H-pyrrole nitrogens is 1. The minimum absolute atomic E-state index is 0.0693. The molecule has 0 fully saturated rings. The number of rotatable bonds is 9. The Kier molecular flexibility index (Phi) is 6.26. The molecule has 0 radical (unpaired) electrons. The Morgan fingerprint density at radius 2 is 2.06 bits per heavy atom. The number of carbonyl (C=O) groups excluding carboxylic acids is 2. The largest absolute Gasteiger partial charge is 0.466 e. The summed E-state index contributed by atoms with van der Waals surface area (Å²) in [6, 6.07) is 11.0. The van der Waals surface area contributed by atoms with E-state index in [1.54, 1.807) is 18.5 Å². The molecule has 0 aliphatic heterocycles. The molecule has 0 bridgehead atoms. The van der Waals surface area contributed by atoms with E-state index in [1.807, 2.05) is 30.3 Å². The van der Waals surface area contributed by atoms with Crippen molar-refractivity contribution in [2.24, 2.45) is 0 Å². The second kappa shape index (κ2) is 9.61. The van der Waals surface area contributed by atoms with Crippen LogP contribution in [0.15, 0.2) is 53.3 Å². The Hall–Kier alpha value is -4.08. The van der Waals surface area contributed by atoms with Crippen molar-refractivity contribution in [2.45, 2.75) is 19.3 Å². The highest BCUT2D eigenvalue weighted by molar-refractivity contribution is 6.04. The second-order valence-corrected chi connectivity index (χ2v) is 6.70. The van der Waals surface area contributed by atoms with Gasteiger partial charge in [-0.1, -0.05) is 23.4 Å². The topological polar surface area (TPSA) is 136 Å². The number of esters is 1. The van der Waals surface area contributed by atoms with Gasteiger partial charge < -0.3 is 14.6 Å². The van der Waals surface area contributed by atoms with E-state index in [4.69, 9.17) is 9.26 Å². The number of amides is 1. The van der Waals surface area contributed by atoms with Crippen LogP contribution in [0.25, 0.3) is 22.3 Å². The summed E-state index contributed by atoms with van der Waals surface area (Å²) in [6.45, 7) is 0.387. The highest BCUT2D eigenvalue weighted by Gasteiger charge is 2.14. The fourth-order valence-electron chi connectivity index (χ4n) is 2.95. The van der Waals surface area contributed by atoms with Crippen LogP contribution >= 0.6 is 0 Å². The molecule has 0 spiro atoms. The van der Waals surface area contributed by atoms with Gasteiger partial charge in [-0.3, -0.25) is 19.7 Å². The van der Waals surface area contributed by atoms with Crippen LogP contribution in [0, 0.1) is 0 Å². The SMILES string of the molecule is O=C(CCNC(=O)c1n[nH]c2ccccc12)OCCCc1nc(-c2cccnc2)no1. The Bertz CT molecular complexity index is 1170. The number of carbonyl (C=O) groups is 2. The lowest BCUT2D eigenvalue weighted by atomic mass is 10.2. The molecule has 31 heavy (non-hydrogen) atoms. The fourth-order valence-corrected chi connectivity index (χ4v) is 2.95. The van der Waals surface area contributed by atoms with E-state index in [0.29, 0.717) is 30.3 Å². The van der Waals surface area contributed by atoms with E-state index < -0.39 is 5.97 Å². The van der Waals surface area contributed by atoms with Crippen LogP contribution in [0.5, 0.6) is 0 Å². The van der Waals surface area contributed by atoms with Crippen molar-refractivity contribution >= 4 is 22.8 Å². The average Bonchev–Trinajstić information content (AvgIpc) is 3.45. The molecule has 3 heterocycles. The van der Waals surface area contributed by atoms with Crippen LogP contribution in [0.4, 0.5) is 0 Å². The molecular formula is C21H20N6O4. The van der Waals surface area contributed by atoms with Gasteiger partial charge >= 0.3 is 5.97 Å². The summed E-state index contributed by atoms with van der Waals surface area (Å²) in [5.74, 6) is 0.203. The van der Waals surface area contributed by atoms with Crippen molar-refractivity contribution < 1.29 is 18.8 Å². The lowest BCUT2D eigenvalue weighted by molar-refractivity contribution is -0.143. The Morgan fingerprint density at radius 3 is 2.94 bits per heavy atom. The third-order valence-electron chi connectivity index (χ3n) is 4.49. The number of aromatic amines is 1. The Morgan fingerprint density at radius 1 is 1.16 bits per heavy atom. The molecule has 1 aromatic carbocycles. The maximum absolute atomic E-state index is 12.3. The quantitative estimate of drug-likeness (QED) is 0.311. The molecule has 0 saturated heterocycles. The molecule has 4 aromatic rings. The van der Waals surface area contributed by atoms with Crippen LogP contribution in [0.2, 0.25) is 0 Å². The summed E-state index contributed by atoms with van der Waals surface area (Å²) in [6.07, 6.45) is 4.43. The van der Waals surface area contributed by atoms with Gasteiger partial charge in [-0.15, -0.1) is 0 Å². The zero-order valence-electron chi connectivity index (χ0n) is 16.6. The van der Waals surface area contributed by atoms with Crippen molar-refractivity contribution in [3.8, 4) is 11.4 Å². The number of aryl methyl sites for hydroxylation is 1. The number of hydrogen-bond acceptors (Lipinski definition) is 8. The van der Waals surface area contributed by atoms with Crippen molar-refractivity contribution in [3.63, 3.8) is 0 Å². The second-order valence-electron chi connectivity index (χ2n) is 6.70. The number of nitrogens with zero attached hydrogens (tertiary/aromatic N) is 4. The lowest BCUT2D eigenvalue weighted by Crippen LogP contribution is -2.27. The minimum atomic E-state index is -0.395. The molecule has 0 atom stereocenters. The van der Waals surface area contributed by atoms with E-state index in [1.165, 1.54) is 0 Å². The van der Waals surface area contributed by atoms with E-state index in [9.17, 15) is 9.59 Å². The molecule has 0 saturated carbocycles. The maximum Gasteiger partial charge on any atom is 0.307 e. The lowest BCUT2D eigenvalue weighted by Gasteiger charge is -2.05. The van der Waals surface area contributed by atoms with Gasteiger partial charge in [0, 0.05) is 36.3 Å². The molecule has 1 amide bonds. The summed E-state index contributed by atoms with van der Waals surface area (Å²) in [5.41, 5.74) is 1.85. The first-order valence-electron chi connectivity index (χ1n) is 9.80. The first kappa shape index (κ1) is 20.2. The molecule has 10 heteroatoms. The normalized spacial score (nSPS) is 10.8. The van der Waals surface area contributed by atoms with Crippen LogP contribution in [-0.4, -0.2) is 50.4 Å². The number of hydrogen-bond donors (Lipinski definition) is 2. The first-order valence-corrected chi connectivity index (χ1v) is 9.80. The zero-order chi connectivity index (χ0) is 21.5.